The van der Waals surface area contributed by atoms with Gasteiger partial charge in [0.05, 0.1) is 17.5 Å². The average Bonchev–Trinajstić information content (AvgIpc) is 3.05. The van der Waals surface area contributed by atoms with Crippen LogP contribution in [0.2, 0.25) is 0 Å². The summed E-state index contributed by atoms with van der Waals surface area (Å²) in [4.78, 5) is 20.0. The highest BCUT2D eigenvalue weighted by Gasteiger charge is 2.09. The van der Waals surface area contributed by atoms with Crippen LogP contribution < -0.4 is 0 Å². The maximum atomic E-state index is 4.28. The van der Waals surface area contributed by atoms with Crippen molar-refractivity contribution in [1.29, 1.82) is 0 Å². The van der Waals surface area contributed by atoms with E-state index in [1.807, 2.05) is 22.8 Å². The maximum absolute atomic E-state index is 4.28. The standard InChI is InChI=1S/C12H8N6/c1-2-9-11(13-4-1)17-7-18(9)8-3-5-14-12-10(8)15-6-16-12/h1-7H,(H,14,15,16). The van der Waals surface area contributed by atoms with E-state index in [2.05, 4.69) is 24.9 Å². The van der Waals surface area contributed by atoms with Crippen LogP contribution in [0.4, 0.5) is 0 Å². The molecule has 4 aromatic rings. The zero-order valence-corrected chi connectivity index (χ0v) is 9.28. The number of rotatable bonds is 1. The number of H-pyrrole nitrogens is 1. The van der Waals surface area contributed by atoms with E-state index in [-0.39, 0.29) is 0 Å². The summed E-state index contributed by atoms with van der Waals surface area (Å²) in [5.74, 6) is 0. The van der Waals surface area contributed by atoms with Crippen LogP contribution in [0.15, 0.2) is 43.2 Å². The van der Waals surface area contributed by atoms with Crippen LogP contribution in [-0.2, 0) is 0 Å². The molecule has 0 bridgehead atoms. The van der Waals surface area contributed by atoms with E-state index in [1.165, 1.54) is 0 Å². The molecular weight excluding hydrogens is 228 g/mol. The summed E-state index contributed by atoms with van der Waals surface area (Å²) in [5, 5.41) is 0. The molecule has 0 aliphatic heterocycles. The Labute approximate surface area is 101 Å². The molecule has 1 N–H and O–H groups in total. The first-order valence-electron chi connectivity index (χ1n) is 5.50. The van der Waals surface area contributed by atoms with E-state index >= 15 is 0 Å². The number of hydrogen-bond acceptors (Lipinski definition) is 4. The summed E-state index contributed by atoms with van der Waals surface area (Å²) in [6.45, 7) is 0. The molecule has 0 saturated heterocycles. The fourth-order valence-corrected chi connectivity index (χ4v) is 2.08. The van der Waals surface area contributed by atoms with Crippen molar-refractivity contribution in [3.63, 3.8) is 0 Å². The van der Waals surface area contributed by atoms with E-state index in [9.17, 15) is 0 Å². The van der Waals surface area contributed by atoms with Crippen molar-refractivity contribution in [2.45, 2.75) is 0 Å². The molecule has 86 valence electrons. The minimum absolute atomic E-state index is 0.693. The molecule has 0 fully saturated rings. The van der Waals surface area contributed by atoms with Gasteiger partial charge >= 0.3 is 0 Å². The van der Waals surface area contributed by atoms with Gasteiger partial charge in [-0.1, -0.05) is 0 Å². The fraction of sp³-hybridized carbons (Fsp3) is 0. The van der Waals surface area contributed by atoms with Crippen LogP contribution in [0.3, 0.4) is 0 Å². The number of fused-ring (bicyclic) bond motifs is 2. The van der Waals surface area contributed by atoms with Crippen molar-refractivity contribution in [2.24, 2.45) is 0 Å². The van der Waals surface area contributed by atoms with Gasteiger partial charge in [0.1, 0.15) is 11.8 Å². The van der Waals surface area contributed by atoms with Crippen LogP contribution in [0.25, 0.3) is 28.0 Å². The summed E-state index contributed by atoms with van der Waals surface area (Å²) < 4.78 is 1.98. The van der Waals surface area contributed by atoms with Crippen molar-refractivity contribution < 1.29 is 0 Å². The molecule has 0 unspecified atom stereocenters. The molecular formula is C12H8N6. The molecule has 4 rings (SSSR count). The minimum Gasteiger partial charge on any atom is -0.341 e. The van der Waals surface area contributed by atoms with Gasteiger partial charge in [-0.3, -0.25) is 4.57 Å². The molecule has 0 aliphatic carbocycles. The summed E-state index contributed by atoms with van der Waals surface area (Å²) in [7, 11) is 0. The predicted molar refractivity (Wildman–Crippen MR) is 66.3 cm³/mol. The number of pyridine rings is 2. The van der Waals surface area contributed by atoms with E-state index in [0.717, 1.165) is 22.4 Å². The molecule has 0 aromatic carbocycles. The molecule has 0 amide bonds. The smallest absolute Gasteiger partial charge is 0.179 e. The van der Waals surface area contributed by atoms with Gasteiger partial charge in [0, 0.05) is 12.4 Å². The number of aromatic amines is 1. The van der Waals surface area contributed by atoms with Gasteiger partial charge in [-0.2, -0.15) is 0 Å². The van der Waals surface area contributed by atoms with Crippen LogP contribution in [0.5, 0.6) is 0 Å². The average molecular weight is 236 g/mol. The summed E-state index contributed by atoms with van der Waals surface area (Å²) in [6, 6.07) is 5.80. The van der Waals surface area contributed by atoms with Gasteiger partial charge in [0.15, 0.2) is 11.3 Å². The zero-order chi connectivity index (χ0) is 11.9. The normalized spacial score (nSPS) is 11.3. The fourth-order valence-electron chi connectivity index (χ4n) is 2.08. The third-order valence-electron chi connectivity index (χ3n) is 2.89. The lowest BCUT2D eigenvalue weighted by Gasteiger charge is -2.04. The Morgan fingerprint density at radius 3 is 2.89 bits per heavy atom. The summed E-state index contributed by atoms with van der Waals surface area (Å²) >= 11 is 0. The Morgan fingerprint density at radius 2 is 1.89 bits per heavy atom. The number of hydrogen-bond donors (Lipinski definition) is 1. The van der Waals surface area contributed by atoms with E-state index in [1.54, 1.807) is 25.0 Å². The predicted octanol–water partition coefficient (Wildman–Crippen LogP) is 1.69. The second kappa shape index (κ2) is 3.36. The van der Waals surface area contributed by atoms with Gasteiger partial charge in [-0.05, 0) is 18.2 Å². The number of nitrogens with zero attached hydrogens (tertiary/aromatic N) is 5. The van der Waals surface area contributed by atoms with Gasteiger partial charge in [0.2, 0.25) is 0 Å². The quantitative estimate of drug-likeness (QED) is 0.546. The zero-order valence-electron chi connectivity index (χ0n) is 9.28. The Balaban J connectivity index is 2.10. The Morgan fingerprint density at radius 1 is 0.944 bits per heavy atom. The van der Waals surface area contributed by atoms with Crippen molar-refractivity contribution in [2.75, 3.05) is 0 Å². The first-order chi connectivity index (χ1) is 8.93. The number of nitrogens with one attached hydrogen (secondary N) is 1. The lowest BCUT2D eigenvalue weighted by Crippen LogP contribution is -1.94. The molecule has 0 saturated carbocycles. The maximum Gasteiger partial charge on any atom is 0.179 e. The van der Waals surface area contributed by atoms with Gasteiger partial charge in [-0.15, -0.1) is 0 Å². The third kappa shape index (κ3) is 1.17. The van der Waals surface area contributed by atoms with Crippen LogP contribution >= 0.6 is 0 Å². The van der Waals surface area contributed by atoms with Crippen molar-refractivity contribution in [3.8, 4) is 5.69 Å². The monoisotopic (exact) mass is 236 g/mol. The molecule has 6 heteroatoms. The molecule has 0 spiro atoms. The highest BCUT2D eigenvalue weighted by Crippen LogP contribution is 2.21. The first kappa shape index (κ1) is 9.29. The number of imidazole rings is 2. The number of aromatic nitrogens is 6. The van der Waals surface area contributed by atoms with Crippen LogP contribution in [0, 0.1) is 0 Å². The molecule has 18 heavy (non-hydrogen) atoms. The molecule has 0 atom stereocenters. The Hall–Kier alpha value is -2.76. The van der Waals surface area contributed by atoms with Crippen LogP contribution in [-0.4, -0.2) is 29.5 Å². The topological polar surface area (TPSA) is 72.3 Å². The second-order valence-electron chi connectivity index (χ2n) is 3.89. The van der Waals surface area contributed by atoms with Crippen molar-refractivity contribution in [3.05, 3.63) is 43.2 Å². The Bertz CT molecular complexity index is 844. The highest BCUT2D eigenvalue weighted by molar-refractivity contribution is 5.83. The molecule has 6 nitrogen and oxygen atoms in total. The Kier molecular flexibility index (Phi) is 1.74. The largest absolute Gasteiger partial charge is 0.341 e. The van der Waals surface area contributed by atoms with Crippen molar-refractivity contribution >= 4 is 22.3 Å². The second-order valence-corrected chi connectivity index (χ2v) is 3.89. The molecule has 0 aliphatic rings. The van der Waals surface area contributed by atoms with Gasteiger partial charge < -0.3 is 4.98 Å². The molecule has 0 radical (unpaired) electrons. The lowest BCUT2D eigenvalue weighted by atomic mass is 10.3. The summed E-state index contributed by atoms with van der Waals surface area (Å²) in [6.07, 6.45) is 6.87. The third-order valence-corrected chi connectivity index (χ3v) is 2.89. The highest BCUT2D eigenvalue weighted by atomic mass is 15.1. The minimum atomic E-state index is 0.693. The van der Waals surface area contributed by atoms with Crippen LogP contribution in [0.1, 0.15) is 0 Å². The lowest BCUT2D eigenvalue weighted by molar-refractivity contribution is 1.09. The SMILES string of the molecule is c1cnc2ncn(-c3ccnc4nc[nH]c34)c2c1. The van der Waals surface area contributed by atoms with E-state index in [0.29, 0.717) is 5.65 Å². The van der Waals surface area contributed by atoms with Gasteiger partial charge in [0.25, 0.3) is 0 Å². The molecule has 4 aromatic heterocycles. The first-order valence-corrected chi connectivity index (χ1v) is 5.50. The van der Waals surface area contributed by atoms with Crippen molar-refractivity contribution in [1.82, 2.24) is 29.5 Å². The summed E-state index contributed by atoms with van der Waals surface area (Å²) in [5.41, 5.74) is 4.23. The van der Waals surface area contributed by atoms with E-state index < -0.39 is 0 Å². The van der Waals surface area contributed by atoms with Gasteiger partial charge in [-0.25, -0.2) is 19.9 Å². The van der Waals surface area contributed by atoms with E-state index in [4.69, 9.17) is 0 Å². The molecule has 4 heterocycles.